The Hall–Kier alpha value is -1.26. The van der Waals surface area contributed by atoms with Crippen molar-refractivity contribution in [2.75, 3.05) is 0 Å². The first-order valence-electron chi connectivity index (χ1n) is 4.41. The van der Waals surface area contributed by atoms with Crippen molar-refractivity contribution in [1.29, 1.82) is 5.26 Å². The first-order valence-corrected chi connectivity index (χ1v) is 4.79. The first kappa shape index (κ1) is 10.8. The van der Waals surface area contributed by atoms with Crippen LogP contribution < -0.4 is 0 Å². The molecule has 14 heavy (non-hydrogen) atoms. The highest BCUT2D eigenvalue weighted by molar-refractivity contribution is 6.31. The molecule has 0 aliphatic rings. The summed E-state index contributed by atoms with van der Waals surface area (Å²) in [5, 5.41) is 9.78. The van der Waals surface area contributed by atoms with Crippen LogP contribution in [-0.2, 0) is 5.41 Å². The van der Waals surface area contributed by atoms with E-state index < -0.39 is 5.41 Å². The Kier molecular flexibility index (Phi) is 3.33. The maximum absolute atomic E-state index is 9.14. The van der Waals surface area contributed by atoms with Crippen LogP contribution in [0.3, 0.4) is 0 Å². The average molecular weight is 206 g/mol. The summed E-state index contributed by atoms with van der Waals surface area (Å²) in [7, 11) is 0. The fourth-order valence-electron chi connectivity index (χ4n) is 1.41. The molecule has 0 aliphatic heterocycles. The van der Waals surface area contributed by atoms with E-state index in [-0.39, 0.29) is 0 Å². The van der Waals surface area contributed by atoms with E-state index in [1.165, 1.54) is 0 Å². The molecule has 0 saturated heterocycles. The monoisotopic (exact) mass is 205 g/mol. The predicted octanol–water partition coefficient (Wildman–Crippen LogP) is 3.70. The summed E-state index contributed by atoms with van der Waals surface area (Å²) in [5.74, 6) is 0. The molecule has 1 nitrogen and oxygen atoms in total. The van der Waals surface area contributed by atoms with Crippen molar-refractivity contribution in [3.8, 4) is 6.07 Å². The second-order valence-electron chi connectivity index (χ2n) is 3.42. The minimum Gasteiger partial charge on any atom is -0.197 e. The molecule has 0 amide bonds. The van der Waals surface area contributed by atoms with Crippen LogP contribution in [0.15, 0.2) is 36.9 Å². The topological polar surface area (TPSA) is 23.8 Å². The summed E-state index contributed by atoms with van der Waals surface area (Å²) in [6, 6.07) is 9.71. The zero-order valence-electron chi connectivity index (χ0n) is 8.13. The van der Waals surface area contributed by atoms with Crippen molar-refractivity contribution in [2.24, 2.45) is 0 Å². The fourth-order valence-corrected chi connectivity index (χ4v) is 1.76. The second kappa shape index (κ2) is 4.30. The number of halogens is 1. The molecule has 1 aromatic rings. The minimum absolute atomic E-state index is 0.569. The number of nitrogens with zero attached hydrogens (tertiary/aromatic N) is 1. The number of rotatable bonds is 3. The van der Waals surface area contributed by atoms with Crippen molar-refractivity contribution in [1.82, 2.24) is 0 Å². The summed E-state index contributed by atoms with van der Waals surface area (Å²) < 4.78 is 0. The van der Waals surface area contributed by atoms with Gasteiger partial charge in [-0.1, -0.05) is 35.9 Å². The quantitative estimate of drug-likeness (QED) is 0.691. The molecule has 0 saturated carbocycles. The summed E-state index contributed by atoms with van der Waals surface area (Å²) in [6.07, 6.45) is 2.35. The van der Waals surface area contributed by atoms with Crippen LogP contribution in [0.5, 0.6) is 0 Å². The summed E-state index contributed by atoms with van der Waals surface area (Å²) in [5.41, 5.74) is 0.296. The Bertz CT molecular complexity index is 378. The van der Waals surface area contributed by atoms with Crippen LogP contribution in [0.1, 0.15) is 18.9 Å². The SMILES string of the molecule is C=CCC(C)(C#N)c1ccccc1Cl. The van der Waals surface area contributed by atoms with Crippen LogP contribution in [0.25, 0.3) is 0 Å². The molecular formula is C12H12ClN. The number of benzene rings is 1. The Balaban J connectivity index is 3.20. The Morgan fingerprint density at radius 2 is 2.21 bits per heavy atom. The minimum atomic E-state index is -0.569. The fraction of sp³-hybridized carbons (Fsp3) is 0.250. The highest BCUT2D eigenvalue weighted by atomic mass is 35.5. The van der Waals surface area contributed by atoms with Crippen LogP contribution >= 0.6 is 11.6 Å². The van der Waals surface area contributed by atoms with Gasteiger partial charge in [0.05, 0.1) is 11.5 Å². The average Bonchev–Trinajstić information content (AvgIpc) is 2.18. The van der Waals surface area contributed by atoms with E-state index in [9.17, 15) is 0 Å². The van der Waals surface area contributed by atoms with E-state index >= 15 is 0 Å². The Labute approximate surface area is 89.6 Å². The van der Waals surface area contributed by atoms with Gasteiger partial charge in [-0.2, -0.15) is 5.26 Å². The maximum Gasteiger partial charge on any atom is 0.0842 e. The molecule has 72 valence electrons. The number of hydrogen-bond acceptors (Lipinski definition) is 1. The van der Waals surface area contributed by atoms with Gasteiger partial charge >= 0.3 is 0 Å². The highest BCUT2D eigenvalue weighted by Crippen LogP contribution is 2.32. The van der Waals surface area contributed by atoms with E-state index in [1.807, 2.05) is 25.1 Å². The molecule has 0 fully saturated rings. The van der Waals surface area contributed by atoms with Crippen LogP contribution in [0.2, 0.25) is 5.02 Å². The standard InChI is InChI=1S/C12H12ClN/c1-3-8-12(2,9-14)10-6-4-5-7-11(10)13/h3-7H,1,8H2,2H3. The molecule has 0 bridgehead atoms. The van der Waals surface area contributed by atoms with Crippen LogP contribution in [-0.4, -0.2) is 0 Å². The van der Waals surface area contributed by atoms with Crippen molar-refractivity contribution in [2.45, 2.75) is 18.8 Å². The van der Waals surface area contributed by atoms with Gasteiger partial charge in [-0.25, -0.2) is 0 Å². The number of hydrogen-bond donors (Lipinski definition) is 0. The van der Waals surface area contributed by atoms with Gasteiger partial charge in [0.25, 0.3) is 0 Å². The molecule has 0 radical (unpaired) electrons. The van der Waals surface area contributed by atoms with Crippen molar-refractivity contribution < 1.29 is 0 Å². The van der Waals surface area contributed by atoms with Crippen molar-refractivity contribution in [3.05, 3.63) is 47.5 Å². The molecule has 1 unspecified atom stereocenters. The normalized spacial score (nSPS) is 14.1. The van der Waals surface area contributed by atoms with E-state index in [1.54, 1.807) is 12.1 Å². The van der Waals surface area contributed by atoms with Gasteiger partial charge < -0.3 is 0 Å². The molecule has 1 aromatic carbocycles. The van der Waals surface area contributed by atoms with Gasteiger partial charge in [0.2, 0.25) is 0 Å². The molecule has 1 atom stereocenters. The summed E-state index contributed by atoms with van der Waals surface area (Å²) in [4.78, 5) is 0. The van der Waals surface area contributed by atoms with Crippen molar-refractivity contribution in [3.63, 3.8) is 0 Å². The highest BCUT2D eigenvalue weighted by Gasteiger charge is 2.26. The van der Waals surface area contributed by atoms with Gasteiger partial charge in [-0.05, 0) is 25.0 Å². The first-order chi connectivity index (χ1) is 6.64. The van der Waals surface area contributed by atoms with Crippen molar-refractivity contribution >= 4 is 11.6 Å². The van der Waals surface area contributed by atoms with Crippen LogP contribution in [0.4, 0.5) is 0 Å². The van der Waals surface area contributed by atoms with Gasteiger partial charge in [-0.15, -0.1) is 6.58 Å². The predicted molar refractivity (Wildman–Crippen MR) is 59.2 cm³/mol. The van der Waals surface area contributed by atoms with E-state index in [0.717, 1.165) is 5.56 Å². The van der Waals surface area contributed by atoms with Gasteiger partial charge in [0.15, 0.2) is 0 Å². The number of nitriles is 1. The number of allylic oxidation sites excluding steroid dienone is 1. The lowest BCUT2D eigenvalue weighted by atomic mass is 9.81. The molecule has 1 rings (SSSR count). The van der Waals surface area contributed by atoms with Crippen LogP contribution in [0, 0.1) is 11.3 Å². The van der Waals surface area contributed by atoms with Gasteiger partial charge in [-0.3, -0.25) is 0 Å². The third kappa shape index (κ3) is 1.97. The molecule has 0 aromatic heterocycles. The van der Waals surface area contributed by atoms with E-state index in [4.69, 9.17) is 16.9 Å². The largest absolute Gasteiger partial charge is 0.197 e. The zero-order valence-corrected chi connectivity index (χ0v) is 8.88. The molecular weight excluding hydrogens is 194 g/mol. The summed E-state index contributed by atoms with van der Waals surface area (Å²) >= 11 is 6.04. The van der Waals surface area contributed by atoms with E-state index in [2.05, 4.69) is 12.6 Å². The Morgan fingerprint density at radius 1 is 1.57 bits per heavy atom. The zero-order chi connectivity index (χ0) is 10.6. The van der Waals surface area contributed by atoms with Gasteiger partial charge in [0.1, 0.15) is 0 Å². The molecule has 2 heteroatoms. The molecule has 0 heterocycles. The second-order valence-corrected chi connectivity index (χ2v) is 3.82. The molecule has 0 aliphatic carbocycles. The third-order valence-corrected chi connectivity index (χ3v) is 2.60. The molecule has 0 N–H and O–H groups in total. The molecule has 0 spiro atoms. The van der Waals surface area contributed by atoms with E-state index in [0.29, 0.717) is 11.4 Å². The lowest BCUT2D eigenvalue weighted by Crippen LogP contribution is -2.18. The summed E-state index contributed by atoms with van der Waals surface area (Å²) in [6.45, 7) is 5.53. The Morgan fingerprint density at radius 3 is 2.71 bits per heavy atom. The van der Waals surface area contributed by atoms with Gasteiger partial charge in [0, 0.05) is 5.02 Å². The third-order valence-electron chi connectivity index (χ3n) is 2.27. The smallest absolute Gasteiger partial charge is 0.0842 e. The lowest BCUT2D eigenvalue weighted by molar-refractivity contribution is 0.622. The maximum atomic E-state index is 9.14. The lowest BCUT2D eigenvalue weighted by Gasteiger charge is -2.21.